The van der Waals surface area contributed by atoms with Crippen LogP contribution in [-0.4, -0.2) is 10.8 Å². The van der Waals surface area contributed by atoms with Gasteiger partial charge in [-0.2, -0.15) is 0 Å². The zero-order valence-corrected chi connectivity index (χ0v) is 5.82. The van der Waals surface area contributed by atoms with E-state index < -0.39 is 0 Å². The van der Waals surface area contributed by atoms with Crippen molar-refractivity contribution in [3.05, 3.63) is 18.3 Å². The van der Waals surface area contributed by atoms with Crippen LogP contribution < -0.4 is 0 Å². The topological polar surface area (TPSA) is 30.4 Å². The highest BCUT2D eigenvalue weighted by atomic mass is 16.4. The van der Waals surface area contributed by atoms with E-state index in [1.54, 1.807) is 0 Å². The van der Waals surface area contributed by atoms with Gasteiger partial charge >= 0.3 is 0 Å². The Labute approximate surface area is 63.3 Å². The van der Waals surface area contributed by atoms with Gasteiger partial charge in [0.15, 0.2) is 11.6 Å². The highest BCUT2D eigenvalue weighted by molar-refractivity contribution is 5.78. The Morgan fingerprint density at radius 2 is 2.55 bits per heavy atom. The Balaban J connectivity index is 2.38. The predicted octanol–water partition coefficient (Wildman–Crippen LogP) is 1.90. The summed E-state index contributed by atoms with van der Waals surface area (Å²) in [4.78, 5) is 4.20. The van der Waals surface area contributed by atoms with Crippen molar-refractivity contribution in [2.75, 3.05) is 0 Å². The number of rotatable bonds is 0. The maximum Gasteiger partial charge on any atom is 0.212 e. The van der Waals surface area contributed by atoms with Gasteiger partial charge in [0.2, 0.25) is 5.76 Å². The zero-order chi connectivity index (χ0) is 7.26. The molecule has 3 heteroatoms. The third kappa shape index (κ3) is 0.596. The number of fused-ring (bicyclic) bond motifs is 3. The number of nitrogens with zero attached hydrogens (tertiary/aromatic N) is 2. The van der Waals surface area contributed by atoms with Gasteiger partial charge in [0.25, 0.3) is 0 Å². The van der Waals surface area contributed by atoms with Crippen LogP contribution in [-0.2, 0) is 6.54 Å². The van der Waals surface area contributed by atoms with Crippen LogP contribution in [0.5, 0.6) is 0 Å². The molecule has 0 saturated carbocycles. The first-order chi connectivity index (χ1) is 5.45. The smallest absolute Gasteiger partial charge is 0.212 e. The van der Waals surface area contributed by atoms with E-state index in [1.165, 1.54) is 0 Å². The molecule has 54 valence electrons. The van der Waals surface area contributed by atoms with Gasteiger partial charge < -0.3 is 8.98 Å². The standard InChI is InChI=1S/C8H6N2O/c1-2-6-7(11-6)8-9-3-5-10(8)4-1/h1-4H,5H2. The van der Waals surface area contributed by atoms with Gasteiger partial charge in [-0.15, -0.1) is 0 Å². The number of hydrogen-bond donors (Lipinski definition) is 0. The Hall–Kier alpha value is -1.51. The second-order valence-corrected chi connectivity index (χ2v) is 2.59. The first-order valence-corrected chi connectivity index (χ1v) is 3.55. The molecule has 0 aromatic carbocycles. The summed E-state index contributed by atoms with van der Waals surface area (Å²) in [7, 11) is 0. The maximum absolute atomic E-state index is 5.21. The van der Waals surface area contributed by atoms with E-state index in [-0.39, 0.29) is 0 Å². The van der Waals surface area contributed by atoms with Gasteiger partial charge in [-0.05, 0) is 12.1 Å². The zero-order valence-electron chi connectivity index (χ0n) is 5.82. The second kappa shape index (κ2) is 1.56. The van der Waals surface area contributed by atoms with Gasteiger partial charge in [0, 0.05) is 12.4 Å². The van der Waals surface area contributed by atoms with Gasteiger partial charge in [-0.25, -0.2) is 4.99 Å². The lowest BCUT2D eigenvalue weighted by Gasteiger charge is -1.92. The summed E-state index contributed by atoms with van der Waals surface area (Å²) in [6.07, 6.45) is 3.90. The Morgan fingerprint density at radius 3 is 3.55 bits per heavy atom. The molecule has 3 aliphatic rings. The molecule has 0 N–H and O–H groups in total. The van der Waals surface area contributed by atoms with E-state index in [0.29, 0.717) is 0 Å². The van der Waals surface area contributed by atoms with E-state index in [4.69, 9.17) is 4.42 Å². The molecule has 0 unspecified atom stereocenters. The lowest BCUT2D eigenvalue weighted by Crippen LogP contribution is -1.89. The van der Waals surface area contributed by atoms with Crippen LogP contribution in [0.15, 0.2) is 27.7 Å². The quantitative estimate of drug-likeness (QED) is 0.558. The third-order valence-electron chi connectivity index (χ3n) is 1.87. The number of aromatic nitrogens is 1. The van der Waals surface area contributed by atoms with Crippen molar-refractivity contribution in [2.24, 2.45) is 4.99 Å². The largest absolute Gasteiger partial charge is 0.445 e. The summed E-state index contributed by atoms with van der Waals surface area (Å²) in [5.41, 5.74) is 0. The van der Waals surface area contributed by atoms with Crippen LogP contribution in [0.3, 0.4) is 0 Å². The molecule has 0 amide bonds. The minimum absolute atomic E-state index is 0.861. The van der Waals surface area contributed by atoms with Crippen LogP contribution in [0.2, 0.25) is 0 Å². The van der Waals surface area contributed by atoms with Crippen molar-refractivity contribution < 1.29 is 4.42 Å². The van der Waals surface area contributed by atoms with E-state index in [0.717, 1.165) is 23.9 Å². The summed E-state index contributed by atoms with van der Waals surface area (Å²) >= 11 is 0. The molecule has 11 heavy (non-hydrogen) atoms. The molecular formula is C8H6N2O. The summed E-state index contributed by atoms with van der Waals surface area (Å²) in [6.45, 7) is 0.861. The molecule has 3 rings (SSSR count). The predicted molar refractivity (Wildman–Crippen MR) is 41.5 cm³/mol. The van der Waals surface area contributed by atoms with Crippen molar-refractivity contribution in [2.45, 2.75) is 6.54 Å². The third-order valence-corrected chi connectivity index (χ3v) is 1.87. The van der Waals surface area contributed by atoms with Crippen molar-refractivity contribution in [1.82, 2.24) is 4.57 Å². The first kappa shape index (κ1) is 5.18. The number of hydrogen-bond acceptors (Lipinski definition) is 2. The van der Waals surface area contributed by atoms with Crippen molar-refractivity contribution >= 4 is 12.0 Å². The molecule has 0 aliphatic carbocycles. The lowest BCUT2D eigenvalue weighted by molar-refractivity contribution is 0.730. The monoisotopic (exact) mass is 146 g/mol. The summed E-state index contributed by atoms with van der Waals surface area (Å²) < 4.78 is 7.27. The molecule has 0 aromatic heterocycles. The van der Waals surface area contributed by atoms with E-state index in [1.807, 2.05) is 24.5 Å². The first-order valence-electron chi connectivity index (χ1n) is 3.55. The number of aliphatic imine (C=N–C) groups is 1. The molecule has 3 nitrogen and oxygen atoms in total. The lowest BCUT2D eigenvalue weighted by atomic mass is 10.4. The fraction of sp³-hybridized carbons (Fsp3) is 0.125. The van der Waals surface area contributed by atoms with Gasteiger partial charge in [-0.3, -0.25) is 0 Å². The van der Waals surface area contributed by atoms with Crippen molar-refractivity contribution in [3.63, 3.8) is 0 Å². The van der Waals surface area contributed by atoms with Crippen molar-refractivity contribution in [3.8, 4) is 11.5 Å². The van der Waals surface area contributed by atoms with Crippen LogP contribution in [0, 0.1) is 0 Å². The molecule has 0 spiro atoms. The fourth-order valence-electron chi connectivity index (χ4n) is 1.28. The normalized spacial score (nSPS) is 14.5. The molecule has 0 bridgehead atoms. The SMILES string of the molecule is C1=Nc2c3oc-3cccn2C1. The molecule has 3 heterocycles. The van der Waals surface area contributed by atoms with Crippen molar-refractivity contribution in [1.29, 1.82) is 0 Å². The van der Waals surface area contributed by atoms with E-state index in [2.05, 4.69) is 9.56 Å². The molecule has 0 saturated heterocycles. The maximum atomic E-state index is 5.21. The highest BCUT2D eigenvalue weighted by Gasteiger charge is 2.22. The summed E-state index contributed by atoms with van der Waals surface area (Å²) in [6, 6.07) is 3.93. The average molecular weight is 146 g/mol. The minimum atomic E-state index is 0.861. The van der Waals surface area contributed by atoms with Gasteiger partial charge in [0.05, 0.1) is 6.54 Å². The van der Waals surface area contributed by atoms with Gasteiger partial charge in [-0.1, -0.05) is 0 Å². The van der Waals surface area contributed by atoms with Crippen LogP contribution in [0.1, 0.15) is 0 Å². The molecule has 3 aliphatic heterocycles. The summed E-state index contributed by atoms with van der Waals surface area (Å²) in [5.74, 6) is 2.84. The van der Waals surface area contributed by atoms with Crippen LogP contribution in [0.25, 0.3) is 11.5 Å². The Morgan fingerprint density at radius 1 is 1.55 bits per heavy atom. The van der Waals surface area contributed by atoms with E-state index >= 15 is 0 Å². The van der Waals surface area contributed by atoms with E-state index in [9.17, 15) is 0 Å². The average Bonchev–Trinajstić information content (AvgIpc) is 2.65. The highest BCUT2D eigenvalue weighted by Crippen LogP contribution is 2.40. The summed E-state index contributed by atoms with van der Waals surface area (Å²) in [5, 5.41) is 0. The molecule has 0 aromatic rings. The minimum Gasteiger partial charge on any atom is -0.445 e. The van der Waals surface area contributed by atoms with Gasteiger partial charge in [0.1, 0.15) is 0 Å². The van der Waals surface area contributed by atoms with Crippen LogP contribution >= 0.6 is 0 Å². The Bertz CT molecular complexity index is 396. The molecular weight excluding hydrogens is 140 g/mol. The second-order valence-electron chi connectivity index (χ2n) is 2.59. The van der Waals surface area contributed by atoms with Crippen LogP contribution in [0.4, 0.5) is 5.82 Å². The molecule has 0 radical (unpaired) electrons. The molecule has 0 fully saturated rings. The Kier molecular flexibility index (Phi) is 0.733. The fourth-order valence-corrected chi connectivity index (χ4v) is 1.28. The molecule has 0 atom stereocenters.